The van der Waals surface area contributed by atoms with Crippen molar-refractivity contribution in [1.82, 2.24) is 0 Å². The minimum Gasteiger partial charge on any atom is -0.458 e. The molecule has 0 aromatic carbocycles. The molecule has 0 amide bonds. The van der Waals surface area contributed by atoms with Crippen LogP contribution < -0.4 is 0 Å². The van der Waals surface area contributed by atoms with E-state index in [9.17, 15) is 9.90 Å². The number of allylic oxidation sites excluding steroid dienone is 3. The number of hydrogen-bond donors (Lipinski definition) is 1. The zero-order chi connectivity index (χ0) is 24.2. The predicted molar refractivity (Wildman–Crippen MR) is 135 cm³/mol. The van der Waals surface area contributed by atoms with Gasteiger partial charge in [0.05, 0.1) is 6.10 Å². The van der Waals surface area contributed by atoms with Crippen molar-refractivity contribution in [1.29, 1.82) is 0 Å². The van der Waals surface area contributed by atoms with E-state index in [4.69, 9.17) is 4.74 Å². The molecule has 33 heavy (non-hydrogen) atoms. The number of aliphatic hydroxyl groups is 1. The third-order valence-electron chi connectivity index (χ3n) is 11.0. The molecule has 9 atom stereocenters. The fraction of sp³-hybridized carbons (Fsp3) is 0.833. The van der Waals surface area contributed by atoms with E-state index in [0.717, 1.165) is 25.2 Å². The number of fused-ring (bicyclic) bond motifs is 5. The minimum atomic E-state index is -0.542. The molecular weight excluding hydrogens is 408 g/mol. The van der Waals surface area contributed by atoms with Crippen molar-refractivity contribution in [2.75, 3.05) is 0 Å². The maximum atomic E-state index is 12.1. The van der Waals surface area contributed by atoms with Crippen LogP contribution in [0.15, 0.2) is 23.8 Å². The van der Waals surface area contributed by atoms with Crippen LogP contribution in [-0.4, -0.2) is 22.8 Å². The first-order valence-corrected chi connectivity index (χ1v) is 13.7. The van der Waals surface area contributed by atoms with Crippen molar-refractivity contribution in [3.8, 4) is 0 Å². The number of esters is 1. The summed E-state index contributed by atoms with van der Waals surface area (Å²) in [5, 5.41) is 10.5. The Morgan fingerprint density at radius 3 is 2.45 bits per heavy atom. The Bertz CT molecular complexity index is 811. The van der Waals surface area contributed by atoms with E-state index in [2.05, 4.69) is 59.8 Å². The molecule has 0 spiro atoms. The SMILES string of the molecule is CC(=O)O[C@@]12CC=C3[C@@H]4CC[C@H]([C@H](C)/C=C/[C@H](C)C(C)C)[C@]4(C)CC[C@@H]3[C@@]1(C)CC[C@H](O)C2. The average molecular weight is 457 g/mol. The maximum absolute atomic E-state index is 12.1. The average Bonchev–Trinajstić information content (AvgIpc) is 3.09. The molecule has 4 rings (SSSR count). The fourth-order valence-corrected chi connectivity index (χ4v) is 8.55. The van der Waals surface area contributed by atoms with Gasteiger partial charge in [0.1, 0.15) is 5.60 Å². The first-order chi connectivity index (χ1) is 15.4. The molecule has 1 N–H and O–H groups in total. The molecule has 0 unspecified atom stereocenters. The Balaban J connectivity index is 1.61. The van der Waals surface area contributed by atoms with Crippen molar-refractivity contribution in [3.05, 3.63) is 23.8 Å². The van der Waals surface area contributed by atoms with Gasteiger partial charge in [0.25, 0.3) is 0 Å². The van der Waals surface area contributed by atoms with Crippen molar-refractivity contribution in [2.24, 2.45) is 46.3 Å². The van der Waals surface area contributed by atoms with Crippen LogP contribution in [0.25, 0.3) is 0 Å². The first kappa shape index (κ1) is 25.0. The number of rotatable bonds is 5. The second-order valence-electron chi connectivity index (χ2n) is 13.0. The lowest BCUT2D eigenvalue weighted by molar-refractivity contribution is -0.205. The van der Waals surface area contributed by atoms with E-state index in [1.807, 2.05) is 0 Å². The number of aliphatic hydroxyl groups excluding tert-OH is 1. The summed E-state index contributed by atoms with van der Waals surface area (Å²) in [4.78, 5) is 12.1. The summed E-state index contributed by atoms with van der Waals surface area (Å²) >= 11 is 0. The van der Waals surface area contributed by atoms with Gasteiger partial charge >= 0.3 is 5.97 Å². The van der Waals surface area contributed by atoms with Crippen LogP contribution in [0.4, 0.5) is 0 Å². The molecule has 4 aliphatic carbocycles. The number of hydrogen-bond acceptors (Lipinski definition) is 3. The Morgan fingerprint density at radius 2 is 1.79 bits per heavy atom. The topological polar surface area (TPSA) is 46.5 Å². The second-order valence-corrected chi connectivity index (χ2v) is 13.0. The van der Waals surface area contributed by atoms with E-state index >= 15 is 0 Å². The largest absolute Gasteiger partial charge is 0.458 e. The highest BCUT2D eigenvalue weighted by Gasteiger charge is 2.64. The molecule has 3 nitrogen and oxygen atoms in total. The summed E-state index contributed by atoms with van der Waals surface area (Å²) in [6.07, 6.45) is 15.2. The lowest BCUT2D eigenvalue weighted by Gasteiger charge is -2.61. The second kappa shape index (κ2) is 8.85. The van der Waals surface area contributed by atoms with Gasteiger partial charge in [-0.05, 0) is 79.4 Å². The van der Waals surface area contributed by atoms with Crippen molar-refractivity contribution >= 4 is 5.97 Å². The Kier molecular flexibility index (Phi) is 6.71. The van der Waals surface area contributed by atoms with Gasteiger partial charge in [0.2, 0.25) is 0 Å². The molecule has 3 heteroatoms. The van der Waals surface area contributed by atoms with Gasteiger partial charge in [-0.2, -0.15) is 0 Å². The Labute approximate surface area is 202 Å². The highest BCUT2D eigenvalue weighted by atomic mass is 16.6. The van der Waals surface area contributed by atoms with Crippen molar-refractivity contribution < 1.29 is 14.6 Å². The quantitative estimate of drug-likeness (QED) is 0.354. The lowest BCUT2D eigenvalue weighted by Crippen LogP contribution is -2.61. The van der Waals surface area contributed by atoms with E-state index in [-0.39, 0.29) is 17.5 Å². The van der Waals surface area contributed by atoms with Gasteiger partial charge in [0.15, 0.2) is 0 Å². The normalized spacial score (nSPS) is 44.6. The summed E-state index contributed by atoms with van der Waals surface area (Å²) in [5.41, 5.74) is 1.41. The van der Waals surface area contributed by atoms with Gasteiger partial charge in [-0.15, -0.1) is 0 Å². The molecule has 0 aliphatic heterocycles. The number of ether oxygens (including phenoxy) is 1. The summed E-state index contributed by atoms with van der Waals surface area (Å²) in [5.74, 6) is 3.59. The van der Waals surface area contributed by atoms with Gasteiger partial charge in [-0.25, -0.2) is 0 Å². The van der Waals surface area contributed by atoms with Gasteiger partial charge in [-0.3, -0.25) is 4.79 Å². The summed E-state index contributed by atoms with van der Waals surface area (Å²) < 4.78 is 6.12. The molecule has 0 aromatic heterocycles. The minimum absolute atomic E-state index is 0.0698. The van der Waals surface area contributed by atoms with Crippen LogP contribution in [0.1, 0.15) is 99.8 Å². The molecule has 3 saturated carbocycles. The zero-order valence-electron chi connectivity index (χ0n) is 22.2. The molecule has 0 saturated heterocycles. The standard InChI is InChI=1S/C30H48O3/c1-19(2)20(3)8-9-21(4)25-10-11-26-24-13-17-30(33-22(5)31)18-23(32)12-16-29(30,7)27(24)14-15-28(25,26)6/h8-9,13,19-21,23,25-27,32H,10-12,14-18H2,1-7H3/b9-8+/t20-,21+,23-,25+,26-,27-,28-,29+,30+/m0/s1. The lowest BCUT2D eigenvalue weighted by atomic mass is 9.46. The highest BCUT2D eigenvalue weighted by Crippen LogP contribution is 2.68. The maximum Gasteiger partial charge on any atom is 0.303 e. The predicted octanol–water partition coefficient (Wildman–Crippen LogP) is 7.10. The number of carbonyl (C=O) groups excluding carboxylic acids is 1. The molecule has 0 aromatic rings. The zero-order valence-corrected chi connectivity index (χ0v) is 22.2. The first-order valence-electron chi connectivity index (χ1n) is 13.7. The van der Waals surface area contributed by atoms with Gasteiger partial charge in [-0.1, -0.05) is 65.3 Å². The van der Waals surface area contributed by atoms with Gasteiger partial charge in [0, 0.05) is 25.2 Å². The van der Waals surface area contributed by atoms with Crippen LogP contribution in [0.2, 0.25) is 0 Å². The Morgan fingerprint density at radius 1 is 1.06 bits per heavy atom. The summed E-state index contributed by atoms with van der Waals surface area (Å²) in [6.45, 7) is 15.9. The smallest absolute Gasteiger partial charge is 0.303 e. The van der Waals surface area contributed by atoms with Crippen LogP contribution in [0, 0.1) is 46.3 Å². The van der Waals surface area contributed by atoms with E-state index in [1.165, 1.54) is 32.6 Å². The molecule has 186 valence electrons. The molecular formula is C30H48O3. The number of carbonyl (C=O) groups is 1. The van der Waals surface area contributed by atoms with Gasteiger partial charge < -0.3 is 9.84 Å². The van der Waals surface area contributed by atoms with Crippen LogP contribution in [0.3, 0.4) is 0 Å². The molecule has 0 heterocycles. The summed E-state index contributed by atoms with van der Waals surface area (Å²) in [7, 11) is 0. The highest BCUT2D eigenvalue weighted by molar-refractivity contribution is 5.67. The van der Waals surface area contributed by atoms with Crippen molar-refractivity contribution in [2.45, 2.75) is 112 Å². The van der Waals surface area contributed by atoms with E-state index in [1.54, 1.807) is 5.57 Å². The van der Waals surface area contributed by atoms with E-state index < -0.39 is 5.60 Å². The van der Waals surface area contributed by atoms with Crippen LogP contribution in [-0.2, 0) is 9.53 Å². The monoisotopic (exact) mass is 456 g/mol. The molecule has 3 fully saturated rings. The van der Waals surface area contributed by atoms with E-state index in [0.29, 0.717) is 41.4 Å². The molecule has 0 bridgehead atoms. The Hall–Kier alpha value is -1.09. The van der Waals surface area contributed by atoms with Crippen LogP contribution in [0.5, 0.6) is 0 Å². The third kappa shape index (κ3) is 4.05. The third-order valence-corrected chi connectivity index (χ3v) is 11.0. The van der Waals surface area contributed by atoms with Crippen LogP contribution >= 0.6 is 0 Å². The molecule has 4 aliphatic rings. The van der Waals surface area contributed by atoms with Crippen molar-refractivity contribution in [3.63, 3.8) is 0 Å². The fourth-order valence-electron chi connectivity index (χ4n) is 8.55. The molecule has 0 radical (unpaired) electrons. The summed E-state index contributed by atoms with van der Waals surface area (Å²) in [6, 6.07) is 0.